The minimum atomic E-state index is 0.658. The number of hydrogen-bond donors (Lipinski definition) is 1. The molecule has 1 aliphatic rings. The van der Waals surface area contributed by atoms with Gasteiger partial charge in [0.1, 0.15) is 0 Å². The van der Waals surface area contributed by atoms with Crippen molar-refractivity contribution in [1.29, 1.82) is 0 Å². The van der Waals surface area contributed by atoms with E-state index < -0.39 is 0 Å². The molecule has 0 spiro atoms. The van der Waals surface area contributed by atoms with E-state index in [-0.39, 0.29) is 0 Å². The fraction of sp³-hybridized carbons (Fsp3) is 0.538. The monoisotopic (exact) mass is 221 g/mol. The number of hydrogen-bond acceptors (Lipinski definition) is 2. The third-order valence-electron chi connectivity index (χ3n) is 3.16. The SMILES string of the molecule is Cc1cccc(NC2CSC(C)C2)c1C. The summed E-state index contributed by atoms with van der Waals surface area (Å²) in [5.74, 6) is 1.24. The maximum atomic E-state index is 3.66. The molecule has 0 bridgehead atoms. The van der Waals surface area contributed by atoms with Crippen LogP contribution in [0, 0.1) is 13.8 Å². The summed E-state index contributed by atoms with van der Waals surface area (Å²) in [4.78, 5) is 0. The highest BCUT2D eigenvalue weighted by atomic mass is 32.2. The highest BCUT2D eigenvalue weighted by Crippen LogP contribution is 2.29. The highest BCUT2D eigenvalue weighted by Gasteiger charge is 2.21. The second-order valence-corrected chi connectivity index (χ2v) is 5.94. The first-order valence-electron chi connectivity index (χ1n) is 5.61. The molecule has 1 aromatic carbocycles. The lowest BCUT2D eigenvalue weighted by Crippen LogP contribution is -2.19. The van der Waals surface area contributed by atoms with E-state index in [4.69, 9.17) is 0 Å². The van der Waals surface area contributed by atoms with Crippen molar-refractivity contribution in [2.24, 2.45) is 0 Å². The normalized spacial score (nSPS) is 25.5. The van der Waals surface area contributed by atoms with Crippen molar-refractivity contribution in [3.05, 3.63) is 29.3 Å². The third kappa shape index (κ3) is 2.49. The van der Waals surface area contributed by atoms with E-state index in [0.717, 1.165) is 5.25 Å². The molecule has 0 amide bonds. The molecule has 2 heteroatoms. The topological polar surface area (TPSA) is 12.0 Å². The second kappa shape index (κ2) is 4.48. The summed E-state index contributed by atoms with van der Waals surface area (Å²) < 4.78 is 0. The number of rotatable bonds is 2. The van der Waals surface area contributed by atoms with E-state index in [1.54, 1.807) is 0 Å². The summed E-state index contributed by atoms with van der Waals surface area (Å²) in [6.45, 7) is 6.69. The van der Waals surface area contributed by atoms with Crippen molar-refractivity contribution < 1.29 is 0 Å². The predicted molar refractivity (Wildman–Crippen MR) is 69.9 cm³/mol. The summed E-state index contributed by atoms with van der Waals surface area (Å²) in [6, 6.07) is 7.16. The van der Waals surface area contributed by atoms with Gasteiger partial charge in [0.2, 0.25) is 0 Å². The van der Waals surface area contributed by atoms with E-state index in [0.29, 0.717) is 6.04 Å². The van der Waals surface area contributed by atoms with Gasteiger partial charge in [-0.3, -0.25) is 0 Å². The van der Waals surface area contributed by atoms with Gasteiger partial charge in [-0.15, -0.1) is 0 Å². The average Bonchev–Trinajstić information content (AvgIpc) is 2.59. The molecule has 1 nitrogen and oxygen atoms in total. The molecule has 15 heavy (non-hydrogen) atoms. The van der Waals surface area contributed by atoms with Crippen LogP contribution in [0.5, 0.6) is 0 Å². The molecule has 1 aliphatic heterocycles. The zero-order chi connectivity index (χ0) is 10.8. The lowest BCUT2D eigenvalue weighted by atomic mass is 10.1. The molecule has 2 atom stereocenters. The number of benzene rings is 1. The van der Waals surface area contributed by atoms with Gasteiger partial charge in [0, 0.05) is 22.7 Å². The Morgan fingerprint density at radius 3 is 2.80 bits per heavy atom. The standard InChI is InChI=1S/C13H19NS/c1-9-5-4-6-13(11(9)3)14-12-7-10(2)15-8-12/h4-6,10,12,14H,7-8H2,1-3H3. The van der Waals surface area contributed by atoms with E-state index in [9.17, 15) is 0 Å². The Morgan fingerprint density at radius 2 is 2.13 bits per heavy atom. The largest absolute Gasteiger partial charge is 0.381 e. The smallest absolute Gasteiger partial charge is 0.0374 e. The Hall–Kier alpha value is -0.630. The quantitative estimate of drug-likeness (QED) is 0.819. The van der Waals surface area contributed by atoms with Crippen LogP contribution >= 0.6 is 11.8 Å². The zero-order valence-electron chi connectivity index (χ0n) is 9.71. The molecule has 0 aliphatic carbocycles. The lowest BCUT2D eigenvalue weighted by Gasteiger charge is -2.16. The molecule has 0 radical (unpaired) electrons. The van der Waals surface area contributed by atoms with Crippen LogP contribution in [-0.4, -0.2) is 17.0 Å². The first-order chi connectivity index (χ1) is 7.16. The molecular weight excluding hydrogens is 202 g/mol. The van der Waals surface area contributed by atoms with Gasteiger partial charge < -0.3 is 5.32 Å². The van der Waals surface area contributed by atoms with Crippen LogP contribution in [0.2, 0.25) is 0 Å². The van der Waals surface area contributed by atoms with Gasteiger partial charge >= 0.3 is 0 Å². The predicted octanol–water partition coefficient (Wildman–Crippen LogP) is 3.61. The molecule has 2 rings (SSSR count). The van der Waals surface area contributed by atoms with Crippen LogP contribution in [0.1, 0.15) is 24.5 Å². The summed E-state index contributed by atoms with van der Waals surface area (Å²) in [6.07, 6.45) is 1.29. The third-order valence-corrected chi connectivity index (χ3v) is 4.52. The van der Waals surface area contributed by atoms with Crippen LogP contribution in [-0.2, 0) is 0 Å². The van der Waals surface area contributed by atoms with Gasteiger partial charge in [0.15, 0.2) is 0 Å². The number of anilines is 1. The van der Waals surface area contributed by atoms with Gasteiger partial charge in [-0.25, -0.2) is 0 Å². The van der Waals surface area contributed by atoms with E-state index in [2.05, 4.69) is 56.0 Å². The van der Waals surface area contributed by atoms with Crippen LogP contribution in [0.15, 0.2) is 18.2 Å². The lowest BCUT2D eigenvalue weighted by molar-refractivity contribution is 0.746. The van der Waals surface area contributed by atoms with Crippen molar-refractivity contribution >= 4 is 17.4 Å². The molecule has 0 aromatic heterocycles. The number of thioether (sulfide) groups is 1. The van der Waals surface area contributed by atoms with Gasteiger partial charge in [-0.2, -0.15) is 11.8 Å². The van der Waals surface area contributed by atoms with Crippen LogP contribution in [0.4, 0.5) is 5.69 Å². The maximum Gasteiger partial charge on any atom is 0.0374 e. The molecular formula is C13H19NS. The Labute approximate surface area is 96.7 Å². The van der Waals surface area contributed by atoms with Crippen molar-refractivity contribution in [2.45, 2.75) is 38.5 Å². The average molecular weight is 221 g/mol. The summed E-state index contributed by atoms with van der Waals surface area (Å²) in [7, 11) is 0. The molecule has 2 unspecified atom stereocenters. The Balaban J connectivity index is 2.07. The van der Waals surface area contributed by atoms with Gasteiger partial charge in [-0.1, -0.05) is 19.1 Å². The zero-order valence-corrected chi connectivity index (χ0v) is 10.5. The molecule has 82 valence electrons. The second-order valence-electron chi connectivity index (χ2n) is 4.47. The van der Waals surface area contributed by atoms with Gasteiger partial charge in [0.05, 0.1) is 0 Å². The fourth-order valence-corrected chi connectivity index (χ4v) is 3.19. The van der Waals surface area contributed by atoms with Crippen molar-refractivity contribution in [2.75, 3.05) is 11.1 Å². The first-order valence-corrected chi connectivity index (χ1v) is 6.66. The van der Waals surface area contributed by atoms with Crippen LogP contribution in [0.25, 0.3) is 0 Å². The van der Waals surface area contributed by atoms with Gasteiger partial charge in [-0.05, 0) is 37.5 Å². The molecule has 1 saturated heterocycles. The number of nitrogens with one attached hydrogen (secondary N) is 1. The molecule has 0 saturated carbocycles. The van der Waals surface area contributed by atoms with Crippen molar-refractivity contribution in [3.8, 4) is 0 Å². The van der Waals surface area contributed by atoms with E-state index >= 15 is 0 Å². The van der Waals surface area contributed by atoms with Gasteiger partial charge in [0.25, 0.3) is 0 Å². The highest BCUT2D eigenvalue weighted by molar-refractivity contribution is 8.00. The molecule has 1 N–H and O–H groups in total. The first kappa shape index (κ1) is 10.9. The minimum absolute atomic E-state index is 0.658. The summed E-state index contributed by atoms with van der Waals surface area (Å²) >= 11 is 2.07. The van der Waals surface area contributed by atoms with Crippen molar-refractivity contribution in [3.63, 3.8) is 0 Å². The molecule has 1 fully saturated rings. The minimum Gasteiger partial charge on any atom is -0.381 e. The Kier molecular flexibility index (Phi) is 3.25. The number of aryl methyl sites for hydroxylation is 1. The van der Waals surface area contributed by atoms with E-state index in [1.807, 2.05) is 0 Å². The molecule has 1 heterocycles. The fourth-order valence-electron chi connectivity index (χ4n) is 2.05. The summed E-state index contributed by atoms with van der Waals surface area (Å²) in [5.41, 5.74) is 4.08. The van der Waals surface area contributed by atoms with Crippen LogP contribution < -0.4 is 5.32 Å². The maximum absolute atomic E-state index is 3.66. The van der Waals surface area contributed by atoms with Crippen molar-refractivity contribution in [1.82, 2.24) is 0 Å². The summed E-state index contributed by atoms with van der Waals surface area (Å²) in [5, 5.41) is 4.47. The van der Waals surface area contributed by atoms with E-state index in [1.165, 1.54) is 29.0 Å². The van der Waals surface area contributed by atoms with Crippen LogP contribution in [0.3, 0.4) is 0 Å². The Morgan fingerprint density at radius 1 is 1.33 bits per heavy atom. The molecule has 1 aromatic rings. The Bertz CT molecular complexity index is 348.